The summed E-state index contributed by atoms with van der Waals surface area (Å²) in [5.74, 6) is 0. The summed E-state index contributed by atoms with van der Waals surface area (Å²) in [5, 5.41) is 25.7. The fourth-order valence-corrected chi connectivity index (χ4v) is 3.15. The summed E-state index contributed by atoms with van der Waals surface area (Å²) in [6.45, 7) is 4.74. The Morgan fingerprint density at radius 3 is 1.31 bits per heavy atom. The minimum absolute atomic E-state index is 0.619. The van der Waals surface area contributed by atoms with Crippen LogP contribution in [0, 0.1) is 0 Å². The highest BCUT2D eigenvalue weighted by molar-refractivity contribution is 6.02. The second-order valence-corrected chi connectivity index (χ2v) is 6.38. The quantitative estimate of drug-likeness (QED) is 0.476. The van der Waals surface area contributed by atoms with Gasteiger partial charge in [0.05, 0.1) is 0 Å². The third-order valence-electron chi connectivity index (χ3n) is 4.67. The summed E-state index contributed by atoms with van der Waals surface area (Å²) in [5.41, 5.74) is 3.24. The lowest BCUT2D eigenvalue weighted by Gasteiger charge is -2.34. The van der Waals surface area contributed by atoms with Gasteiger partial charge in [0.1, 0.15) is 11.4 Å². The SMILES string of the molecule is O/N=C(/CN1CCN(C/C(=N/O)c2ccccc2)CC1)c1ccccc1. The minimum atomic E-state index is 0.619. The number of nitrogens with zero attached hydrogens (tertiary/aromatic N) is 4. The molecule has 0 unspecified atom stereocenters. The molecule has 0 atom stereocenters. The highest BCUT2D eigenvalue weighted by atomic mass is 16.4. The molecule has 0 amide bonds. The standard InChI is InChI=1S/C20H24N4O2/c25-21-19(17-7-3-1-4-8-17)15-23-11-13-24(14-12-23)16-20(22-26)18-9-5-2-6-10-18/h1-10,25-26H,11-16H2/b21-19-,22-20-. The van der Waals surface area contributed by atoms with Crippen molar-refractivity contribution in [2.45, 2.75) is 0 Å². The Morgan fingerprint density at radius 1 is 0.654 bits per heavy atom. The van der Waals surface area contributed by atoms with Crippen molar-refractivity contribution in [1.82, 2.24) is 9.80 Å². The van der Waals surface area contributed by atoms with Gasteiger partial charge in [-0.05, 0) is 0 Å². The molecule has 6 heteroatoms. The van der Waals surface area contributed by atoms with Crippen LogP contribution < -0.4 is 0 Å². The predicted octanol–water partition coefficient (Wildman–Crippen LogP) is 2.36. The molecule has 0 radical (unpaired) electrons. The Balaban J connectivity index is 1.53. The first-order chi connectivity index (χ1) is 12.8. The van der Waals surface area contributed by atoms with Crippen molar-refractivity contribution in [2.24, 2.45) is 10.3 Å². The summed E-state index contributed by atoms with van der Waals surface area (Å²) in [6.07, 6.45) is 0. The van der Waals surface area contributed by atoms with E-state index < -0.39 is 0 Å². The molecule has 6 nitrogen and oxygen atoms in total. The third-order valence-corrected chi connectivity index (χ3v) is 4.67. The Labute approximate surface area is 153 Å². The van der Waals surface area contributed by atoms with E-state index in [9.17, 15) is 10.4 Å². The van der Waals surface area contributed by atoms with Gasteiger partial charge < -0.3 is 10.4 Å². The minimum Gasteiger partial charge on any atom is -0.411 e. The lowest BCUT2D eigenvalue weighted by molar-refractivity contribution is 0.159. The maximum Gasteiger partial charge on any atom is 0.101 e. The second-order valence-electron chi connectivity index (χ2n) is 6.38. The van der Waals surface area contributed by atoms with E-state index in [2.05, 4.69) is 20.1 Å². The molecule has 2 aromatic carbocycles. The van der Waals surface area contributed by atoms with Crippen LogP contribution >= 0.6 is 0 Å². The molecule has 2 aromatic rings. The van der Waals surface area contributed by atoms with E-state index in [1.807, 2.05) is 60.7 Å². The van der Waals surface area contributed by atoms with Crippen molar-refractivity contribution >= 4 is 11.4 Å². The van der Waals surface area contributed by atoms with Crippen LogP contribution in [0.4, 0.5) is 0 Å². The first-order valence-corrected chi connectivity index (χ1v) is 8.77. The molecule has 26 heavy (non-hydrogen) atoms. The van der Waals surface area contributed by atoms with Gasteiger partial charge in [0.25, 0.3) is 0 Å². The number of piperazine rings is 1. The zero-order valence-electron chi connectivity index (χ0n) is 14.7. The van der Waals surface area contributed by atoms with E-state index >= 15 is 0 Å². The zero-order valence-corrected chi connectivity index (χ0v) is 14.7. The molecule has 3 rings (SSSR count). The fourth-order valence-electron chi connectivity index (χ4n) is 3.15. The van der Waals surface area contributed by atoms with Gasteiger partial charge in [0, 0.05) is 50.4 Å². The van der Waals surface area contributed by atoms with Crippen molar-refractivity contribution < 1.29 is 10.4 Å². The molecule has 1 aliphatic heterocycles. The van der Waals surface area contributed by atoms with Gasteiger partial charge in [-0.15, -0.1) is 0 Å². The molecule has 0 aromatic heterocycles. The number of hydrogen-bond donors (Lipinski definition) is 2. The Bertz CT molecular complexity index is 673. The highest BCUT2D eigenvalue weighted by Crippen LogP contribution is 2.09. The van der Waals surface area contributed by atoms with Gasteiger partial charge in [-0.2, -0.15) is 0 Å². The molecule has 0 saturated carbocycles. The monoisotopic (exact) mass is 352 g/mol. The van der Waals surface area contributed by atoms with Gasteiger partial charge in [-0.1, -0.05) is 71.0 Å². The molecule has 0 bridgehead atoms. The Morgan fingerprint density at radius 2 is 1.00 bits per heavy atom. The van der Waals surface area contributed by atoms with Gasteiger partial charge in [0.15, 0.2) is 0 Å². The van der Waals surface area contributed by atoms with Gasteiger partial charge in [-0.25, -0.2) is 0 Å². The number of benzene rings is 2. The molecule has 2 N–H and O–H groups in total. The molecular weight excluding hydrogens is 328 g/mol. The van der Waals surface area contributed by atoms with E-state index in [4.69, 9.17) is 0 Å². The van der Waals surface area contributed by atoms with Crippen molar-refractivity contribution in [3.8, 4) is 0 Å². The topological polar surface area (TPSA) is 71.7 Å². The van der Waals surface area contributed by atoms with E-state index in [1.54, 1.807) is 0 Å². The van der Waals surface area contributed by atoms with Crippen LogP contribution in [0.5, 0.6) is 0 Å². The predicted molar refractivity (Wildman–Crippen MR) is 102 cm³/mol. The van der Waals surface area contributed by atoms with Crippen LogP contribution in [0.2, 0.25) is 0 Å². The molecule has 1 heterocycles. The van der Waals surface area contributed by atoms with Gasteiger partial charge in [0.2, 0.25) is 0 Å². The summed E-state index contributed by atoms with van der Waals surface area (Å²) >= 11 is 0. The van der Waals surface area contributed by atoms with Crippen molar-refractivity contribution in [3.63, 3.8) is 0 Å². The van der Waals surface area contributed by atoms with Crippen molar-refractivity contribution in [2.75, 3.05) is 39.3 Å². The van der Waals surface area contributed by atoms with Gasteiger partial charge >= 0.3 is 0 Å². The lowest BCUT2D eigenvalue weighted by atomic mass is 10.1. The smallest absolute Gasteiger partial charge is 0.101 e. The average molecular weight is 352 g/mol. The maximum absolute atomic E-state index is 9.35. The van der Waals surface area contributed by atoms with Crippen LogP contribution in [-0.2, 0) is 0 Å². The van der Waals surface area contributed by atoms with Crippen LogP contribution in [0.1, 0.15) is 11.1 Å². The molecule has 1 saturated heterocycles. The van der Waals surface area contributed by atoms with Crippen LogP contribution in [0.3, 0.4) is 0 Å². The van der Waals surface area contributed by atoms with E-state index in [1.165, 1.54) is 0 Å². The number of rotatable bonds is 6. The summed E-state index contributed by atoms with van der Waals surface area (Å²) in [4.78, 5) is 4.55. The van der Waals surface area contributed by atoms with E-state index in [0.717, 1.165) is 37.3 Å². The van der Waals surface area contributed by atoms with Crippen molar-refractivity contribution in [1.29, 1.82) is 0 Å². The molecule has 136 valence electrons. The second kappa shape index (κ2) is 9.12. The third kappa shape index (κ3) is 4.68. The number of hydrogen-bond acceptors (Lipinski definition) is 6. The lowest BCUT2D eigenvalue weighted by Crippen LogP contribution is -2.49. The van der Waals surface area contributed by atoms with E-state index in [-0.39, 0.29) is 0 Å². The van der Waals surface area contributed by atoms with Crippen LogP contribution in [-0.4, -0.2) is 70.9 Å². The summed E-state index contributed by atoms with van der Waals surface area (Å²) < 4.78 is 0. The van der Waals surface area contributed by atoms with Gasteiger partial charge in [-0.3, -0.25) is 9.80 Å². The van der Waals surface area contributed by atoms with Crippen LogP contribution in [0.25, 0.3) is 0 Å². The molecule has 1 fully saturated rings. The summed E-state index contributed by atoms with van der Waals surface area (Å²) in [6, 6.07) is 19.5. The maximum atomic E-state index is 9.35. The molecule has 0 aliphatic carbocycles. The molecule has 1 aliphatic rings. The molecular formula is C20H24N4O2. The largest absolute Gasteiger partial charge is 0.411 e. The highest BCUT2D eigenvalue weighted by Gasteiger charge is 2.20. The molecule has 0 spiro atoms. The zero-order chi connectivity index (χ0) is 18.2. The van der Waals surface area contributed by atoms with E-state index in [0.29, 0.717) is 24.5 Å². The van der Waals surface area contributed by atoms with Crippen molar-refractivity contribution in [3.05, 3.63) is 71.8 Å². The van der Waals surface area contributed by atoms with Crippen LogP contribution in [0.15, 0.2) is 71.0 Å². The first kappa shape index (κ1) is 18.1. The average Bonchev–Trinajstić information content (AvgIpc) is 2.72. The first-order valence-electron chi connectivity index (χ1n) is 8.77. The number of oxime groups is 2. The summed E-state index contributed by atoms with van der Waals surface area (Å²) in [7, 11) is 0. The Kier molecular flexibility index (Phi) is 6.35. The fraction of sp³-hybridized carbons (Fsp3) is 0.300. The Hall–Kier alpha value is -2.70. The normalized spacial score (nSPS) is 17.4.